The van der Waals surface area contributed by atoms with Gasteiger partial charge in [-0.05, 0) is 68.4 Å². The van der Waals surface area contributed by atoms with Crippen LogP contribution in [-0.4, -0.2) is 50.2 Å². The van der Waals surface area contributed by atoms with Crippen molar-refractivity contribution in [2.24, 2.45) is 28.9 Å². The Labute approximate surface area is 214 Å². The Balaban J connectivity index is 1.29. The molecule has 1 heterocycles. The van der Waals surface area contributed by atoms with Gasteiger partial charge in [0.25, 0.3) is 0 Å². The number of halogens is 3. The largest absolute Gasteiger partial charge is 0.369 e. The van der Waals surface area contributed by atoms with Crippen molar-refractivity contribution in [3.8, 4) is 0 Å². The summed E-state index contributed by atoms with van der Waals surface area (Å²) in [6.45, 7) is 0.176. The number of carbonyl (C=O) groups is 2. The number of nitrogens with zero attached hydrogens (tertiary/aromatic N) is 2. The van der Waals surface area contributed by atoms with Crippen LogP contribution < -0.4 is 15.4 Å². The lowest BCUT2D eigenvalue weighted by Gasteiger charge is -2.58. The van der Waals surface area contributed by atoms with Crippen LogP contribution in [0, 0.1) is 23.2 Å². The minimum atomic E-state index is -3.99. The molecule has 0 radical (unpaired) electrons. The Morgan fingerprint density at radius 1 is 1.03 bits per heavy atom. The summed E-state index contributed by atoms with van der Waals surface area (Å²) in [5, 5.41) is 3.70. The quantitative estimate of drug-likeness (QED) is 0.549. The summed E-state index contributed by atoms with van der Waals surface area (Å²) < 4.78 is 29.0. The molecular weight excluding hydrogens is 523 g/mol. The van der Waals surface area contributed by atoms with Gasteiger partial charge in [0.15, 0.2) is 0 Å². The Hall–Kier alpha value is -1.26. The van der Waals surface area contributed by atoms with Crippen molar-refractivity contribution in [1.29, 1.82) is 0 Å². The van der Waals surface area contributed by atoms with Crippen LogP contribution in [0.3, 0.4) is 0 Å². The molecule has 1 aromatic rings. The number of rotatable bonds is 5. The second kappa shape index (κ2) is 8.69. The van der Waals surface area contributed by atoms with Crippen LogP contribution in [0.2, 0.25) is 15.1 Å². The molecule has 5 aliphatic rings. The summed E-state index contributed by atoms with van der Waals surface area (Å²) in [6.07, 6.45) is 4.73. The van der Waals surface area contributed by atoms with E-state index < -0.39 is 15.6 Å². The highest BCUT2D eigenvalue weighted by Crippen LogP contribution is 2.59. The second-order valence-electron chi connectivity index (χ2n) is 10.2. The van der Waals surface area contributed by atoms with Gasteiger partial charge in [-0.1, -0.05) is 34.8 Å². The number of primary amides is 1. The summed E-state index contributed by atoms with van der Waals surface area (Å²) in [4.78, 5) is 25.2. The zero-order chi connectivity index (χ0) is 24.4. The molecule has 4 saturated carbocycles. The van der Waals surface area contributed by atoms with Crippen molar-refractivity contribution in [1.82, 2.24) is 9.62 Å². The lowest BCUT2D eigenvalue weighted by atomic mass is 9.47. The maximum atomic E-state index is 13.3. The highest BCUT2D eigenvalue weighted by Gasteiger charge is 2.58. The summed E-state index contributed by atoms with van der Waals surface area (Å²) in [5.74, 6) is 0.317. The first-order valence-electron chi connectivity index (χ1n) is 11.5. The second-order valence-corrected chi connectivity index (χ2v) is 13.3. The van der Waals surface area contributed by atoms with Gasteiger partial charge in [-0.3, -0.25) is 13.9 Å². The fourth-order valence-electron chi connectivity index (χ4n) is 6.82. The standard InChI is InChI=1S/C22H27Cl3N4O4S/c23-15-6-17(25)18(7-16(15)24)29-3-1-2-28(34(29,32)33)11-19(30)27-20-13-4-12-5-14(20)10-22(8-12,9-13)21(26)31/h6-7,12-14,20H,1-5,8-11H2,(H2,26,31)(H,27,30). The number of nitrogens with two attached hydrogens (primary N) is 1. The first-order chi connectivity index (χ1) is 16.0. The third kappa shape index (κ3) is 4.07. The van der Waals surface area contributed by atoms with E-state index in [-0.39, 0.29) is 70.1 Å². The van der Waals surface area contributed by atoms with Crippen molar-refractivity contribution >= 4 is 62.5 Å². The summed E-state index contributed by atoms with van der Waals surface area (Å²) in [7, 11) is -3.99. The van der Waals surface area contributed by atoms with E-state index in [1.807, 2.05) is 0 Å². The van der Waals surface area contributed by atoms with Crippen molar-refractivity contribution in [2.45, 2.75) is 44.6 Å². The lowest BCUT2D eigenvalue weighted by Crippen LogP contribution is -2.63. The van der Waals surface area contributed by atoms with Gasteiger partial charge in [-0.2, -0.15) is 12.7 Å². The Morgan fingerprint density at radius 3 is 2.32 bits per heavy atom. The molecule has 1 aromatic carbocycles. The number of amides is 2. The molecule has 3 N–H and O–H groups in total. The maximum absolute atomic E-state index is 13.3. The van der Waals surface area contributed by atoms with E-state index >= 15 is 0 Å². The number of anilines is 1. The third-order valence-electron chi connectivity index (χ3n) is 8.08. The van der Waals surface area contributed by atoms with Crippen LogP contribution in [-0.2, 0) is 19.8 Å². The monoisotopic (exact) mass is 548 g/mol. The number of carbonyl (C=O) groups excluding carboxylic acids is 2. The van der Waals surface area contributed by atoms with Gasteiger partial charge in [0, 0.05) is 24.5 Å². The molecule has 186 valence electrons. The van der Waals surface area contributed by atoms with Gasteiger partial charge in [0.05, 0.1) is 27.3 Å². The molecule has 4 aliphatic carbocycles. The normalized spacial score (nSPS) is 34.3. The van der Waals surface area contributed by atoms with E-state index in [2.05, 4.69) is 5.32 Å². The van der Waals surface area contributed by atoms with E-state index in [0.717, 1.165) is 19.3 Å². The molecule has 12 heteroatoms. The molecule has 0 aromatic heterocycles. The summed E-state index contributed by atoms with van der Waals surface area (Å²) in [6, 6.07) is 2.79. The van der Waals surface area contributed by atoms with Gasteiger partial charge >= 0.3 is 10.2 Å². The smallest absolute Gasteiger partial charge is 0.304 e. The van der Waals surface area contributed by atoms with Gasteiger partial charge in [-0.25, -0.2) is 0 Å². The molecule has 2 atom stereocenters. The minimum Gasteiger partial charge on any atom is -0.369 e. The van der Waals surface area contributed by atoms with E-state index in [1.165, 1.54) is 20.7 Å². The Kier molecular flexibility index (Phi) is 6.25. The average molecular weight is 550 g/mol. The van der Waals surface area contributed by atoms with Crippen LogP contribution in [0.25, 0.3) is 0 Å². The highest BCUT2D eigenvalue weighted by atomic mass is 35.5. The number of nitrogens with one attached hydrogen (secondary N) is 1. The van der Waals surface area contributed by atoms with E-state index in [4.69, 9.17) is 40.5 Å². The number of hydrogen-bond acceptors (Lipinski definition) is 4. The van der Waals surface area contributed by atoms with Crippen molar-refractivity contribution in [3.63, 3.8) is 0 Å². The van der Waals surface area contributed by atoms with Crippen molar-refractivity contribution in [2.75, 3.05) is 23.9 Å². The number of benzene rings is 1. The molecule has 34 heavy (non-hydrogen) atoms. The third-order valence-corrected chi connectivity index (χ3v) is 11.0. The Morgan fingerprint density at radius 2 is 1.68 bits per heavy atom. The first kappa shape index (κ1) is 24.4. The predicted octanol–water partition coefficient (Wildman–Crippen LogP) is 3.20. The highest BCUT2D eigenvalue weighted by molar-refractivity contribution is 7.90. The molecule has 4 bridgehead atoms. The molecule has 1 saturated heterocycles. The van der Waals surface area contributed by atoms with Gasteiger partial charge in [0.1, 0.15) is 0 Å². The van der Waals surface area contributed by atoms with Crippen LogP contribution in [0.1, 0.15) is 38.5 Å². The van der Waals surface area contributed by atoms with Crippen LogP contribution >= 0.6 is 34.8 Å². The summed E-state index contributed by atoms with van der Waals surface area (Å²) in [5.41, 5.74) is 5.55. The van der Waals surface area contributed by atoms with Crippen LogP contribution in [0.15, 0.2) is 12.1 Å². The fourth-order valence-corrected chi connectivity index (χ4v) is 9.19. The molecule has 2 unspecified atom stereocenters. The van der Waals surface area contributed by atoms with E-state index in [9.17, 15) is 18.0 Å². The molecule has 1 aliphatic heterocycles. The maximum Gasteiger partial charge on any atom is 0.304 e. The molecule has 8 nitrogen and oxygen atoms in total. The molecular formula is C22H27Cl3N4O4S. The molecule has 0 spiro atoms. The predicted molar refractivity (Wildman–Crippen MR) is 131 cm³/mol. The topological polar surface area (TPSA) is 113 Å². The SMILES string of the molecule is NC(=O)C12CC3CC(C1)C(NC(=O)CN1CCCN(c4cc(Cl)c(Cl)cc4Cl)S1(=O)=O)C(C3)C2. The Bertz CT molecular complexity index is 1130. The lowest BCUT2D eigenvalue weighted by molar-refractivity contribution is -0.147. The van der Waals surface area contributed by atoms with Crippen LogP contribution in [0.5, 0.6) is 0 Å². The van der Waals surface area contributed by atoms with E-state index in [0.29, 0.717) is 25.2 Å². The van der Waals surface area contributed by atoms with E-state index in [1.54, 1.807) is 0 Å². The van der Waals surface area contributed by atoms with Crippen molar-refractivity contribution < 1.29 is 18.0 Å². The minimum absolute atomic E-state index is 0.0513. The summed E-state index contributed by atoms with van der Waals surface area (Å²) >= 11 is 18.4. The first-order valence-corrected chi connectivity index (χ1v) is 14.0. The fraction of sp³-hybridized carbons (Fsp3) is 0.636. The zero-order valence-corrected chi connectivity index (χ0v) is 21.6. The zero-order valence-electron chi connectivity index (χ0n) is 18.5. The molecule has 5 fully saturated rings. The average Bonchev–Trinajstić information content (AvgIpc) is 2.74. The van der Waals surface area contributed by atoms with Gasteiger partial charge in [0.2, 0.25) is 11.8 Å². The molecule has 6 rings (SSSR count). The molecule has 2 amide bonds. The van der Waals surface area contributed by atoms with Gasteiger partial charge in [-0.15, -0.1) is 0 Å². The van der Waals surface area contributed by atoms with Gasteiger partial charge < -0.3 is 11.1 Å². The van der Waals surface area contributed by atoms with Crippen molar-refractivity contribution in [3.05, 3.63) is 27.2 Å². The van der Waals surface area contributed by atoms with Crippen LogP contribution in [0.4, 0.5) is 5.69 Å². The number of hydrogen-bond donors (Lipinski definition) is 2.